The Hall–Kier alpha value is -3.65. The number of nitrogens with two attached hydrogens (primary N) is 2. The van der Waals surface area contributed by atoms with Gasteiger partial charge in [0.05, 0.1) is 6.04 Å². The van der Waals surface area contributed by atoms with Crippen LogP contribution in [0.3, 0.4) is 0 Å². The van der Waals surface area contributed by atoms with Crippen LogP contribution in [0.4, 0.5) is 0 Å². The van der Waals surface area contributed by atoms with Gasteiger partial charge in [0.2, 0.25) is 23.6 Å². The van der Waals surface area contributed by atoms with Gasteiger partial charge in [0.1, 0.15) is 18.1 Å². The number of thioether (sulfide) groups is 1. The highest BCUT2D eigenvalue weighted by Crippen LogP contribution is 2.07. The molecule has 13 nitrogen and oxygen atoms in total. The number of amides is 4. The number of primary amides is 1. The zero-order chi connectivity index (χ0) is 28.7. The van der Waals surface area contributed by atoms with E-state index in [1.165, 1.54) is 11.8 Å². The minimum atomic E-state index is -1.37. The molecule has 0 fully saturated rings. The molecule has 4 atom stereocenters. The van der Waals surface area contributed by atoms with E-state index in [0.717, 1.165) is 5.56 Å². The lowest BCUT2D eigenvalue weighted by Gasteiger charge is -2.25. The Labute approximate surface area is 224 Å². The van der Waals surface area contributed by atoms with Gasteiger partial charge >= 0.3 is 11.9 Å². The van der Waals surface area contributed by atoms with Crippen molar-refractivity contribution in [1.82, 2.24) is 16.0 Å². The molecule has 0 heterocycles. The Bertz CT molecular complexity index is 978. The van der Waals surface area contributed by atoms with Crippen molar-refractivity contribution >= 4 is 47.3 Å². The molecule has 0 saturated heterocycles. The Morgan fingerprint density at radius 2 is 1.34 bits per heavy atom. The van der Waals surface area contributed by atoms with E-state index in [2.05, 4.69) is 16.0 Å². The Balaban J connectivity index is 3.01. The van der Waals surface area contributed by atoms with Crippen molar-refractivity contribution in [3.8, 4) is 0 Å². The van der Waals surface area contributed by atoms with Crippen molar-refractivity contribution in [3.05, 3.63) is 35.9 Å². The summed E-state index contributed by atoms with van der Waals surface area (Å²) in [6, 6.07) is 3.88. The fraction of sp³-hybridized carbons (Fsp3) is 0.500. The standard InChI is InChI=1S/C24H35N5O8S/c1-38-12-11-18(24(36)37)29-23(35)16(7-9-19(26)30)28-22(34)17(8-10-20(31)32)27-21(33)15(25)13-14-5-3-2-4-6-14/h2-6,15-18H,7-13,25H2,1H3,(H2,26,30)(H,27,33)(H,28,34)(H,29,35)(H,31,32)(H,36,37). The maximum absolute atomic E-state index is 13.0. The Morgan fingerprint density at radius 3 is 1.84 bits per heavy atom. The zero-order valence-electron chi connectivity index (χ0n) is 21.1. The molecule has 0 aliphatic carbocycles. The van der Waals surface area contributed by atoms with Crippen LogP contribution in [0, 0.1) is 0 Å². The summed E-state index contributed by atoms with van der Waals surface area (Å²) in [7, 11) is 0. The monoisotopic (exact) mass is 553 g/mol. The summed E-state index contributed by atoms with van der Waals surface area (Å²) in [4.78, 5) is 72.5. The van der Waals surface area contributed by atoms with E-state index in [4.69, 9.17) is 16.6 Å². The maximum atomic E-state index is 13.0. The molecule has 38 heavy (non-hydrogen) atoms. The van der Waals surface area contributed by atoms with Gasteiger partial charge in [-0.2, -0.15) is 11.8 Å². The fourth-order valence-electron chi connectivity index (χ4n) is 3.37. The summed E-state index contributed by atoms with van der Waals surface area (Å²) in [5.41, 5.74) is 11.9. The van der Waals surface area contributed by atoms with E-state index in [-0.39, 0.29) is 32.1 Å². The molecule has 0 aliphatic heterocycles. The average molecular weight is 554 g/mol. The number of carboxylic acids is 2. The summed E-state index contributed by atoms with van der Waals surface area (Å²) in [6.07, 6.45) is 0.740. The van der Waals surface area contributed by atoms with Crippen molar-refractivity contribution in [2.75, 3.05) is 12.0 Å². The summed E-state index contributed by atoms with van der Waals surface area (Å²) in [5, 5.41) is 25.6. The molecule has 1 aromatic rings. The fourth-order valence-corrected chi connectivity index (χ4v) is 3.84. The van der Waals surface area contributed by atoms with E-state index in [1.807, 2.05) is 0 Å². The highest BCUT2D eigenvalue weighted by molar-refractivity contribution is 7.98. The van der Waals surface area contributed by atoms with Crippen LogP contribution >= 0.6 is 11.8 Å². The third-order valence-electron chi connectivity index (χ3n) is 5.45. The lowest BCUT2D eigenvalue weighted by atomic mass is 10.0. The van der Waals surface area contributed by atoms with Crippen LogP contribution in [0.25, 0.3) is 0 Å². The largest absolute Gasteiger partial charge is 0.481 e. The summed E-state index contributed by atoms with van der Waals surface area (Å²) in [5.74, 6) is -5.26. The van der Waals surface area contributed by atoms with E-state index in [9.17, 15) is 33.9 Å². The van der Waals surface area contributed by atoms with Gasteiger partial charge in [-0.1, -0.05) is 30.3 Å². The van der Waals surface area contributed by atoms with Crippen molar-refractivity contribution in [1.29, 1.82) is 0 Å². The molecule has 0 aromatic heterocycles. The van der Waals surface area contributed by atoms with Gasteiger partial charge in [-0.15, -0.1) is 0 Å². The molecular formula is C24H35N5O8S. The second kappa shape index (κ2) is 17.0. The highest BCUT2D eigenvalue weighted by Gasteiger charge is 2.30. The molecule has 0 saturated carbocycles. The van der Waals surface area contributed by atoms with E-state index in [1.54, 1.807) is 36.6 Å². The number of rotatable bonds is 18. The number of benzene rings is 1. The summed E-state index contributed by atoms with van der Waals surface area (Å²) in [6.45, 7) is 0. The predicted octanol–water partition coefficient (Wildman–Crippen LogP) is -1.02. The van der Waals surface area contributed by atoms with Gasteiger partial charge in [0, 0.05) is 12.8 Å². The highest BCUT2D eigenvalue weighted by atomic mass is 32.2. The SMILES string of the molecule is CSCCC(NC(=O)C(CCC(N)=O)NC(=O)C(CCC(=O)O)NC(=O)C(N)Cc1ccccc1)C(=O)O. The van der Waals surface area contributed by atoms with Crippen molar-refractivity contribution < 1.29 is 39.0 Å². The number of hydrogen-bond acceptors (Lipinski definition) is 8. The van der Waals surface area contributed by atoms with Gasteiger partial charge in [0.25, 0.3) is 0 Å². The maximum Gasteiger partial charge on any atom is 0.326 e. The lowest BCUT2D eigenvalue weighted by Crippen LogP contribution is -2.57. The lowest BCUT2D eigenvalue weighted by molar-refractivity contribution is -0.142. The quantitative estimate of drug-likeness (QED) is 0.117. The van der Waals surface area contributed by atoms with Gasteiger partial charge in [-0.05, 0) is 43.3 Å². The smallest absolute Gasteiger partial charge is 0.326 e. The minimum absolute atomic E-state index is 0.120. The van der Waals surface area contributed by atoms with Gasteiger partial charge in [0.15, 0.2) is 0 Å². The second-order valence-corrected chi connectivity index (χ2v) is 9.52. The molecule has 9 N–H and O–H groups in total. The van der Waals surface area contributed by atoms with Crippen LogP contribution in [0.15, 0.2) is 30.3 Å². The summed E-state index contributed by atoms with van der Waals surface area (Å²) >= 11 is 1.38. The van der Waals surface area contributed by atoms with Gasteiger partial charge < -0.3 is 37.6 Å². The number of carbonyl (C=O) groups is 6. The molecule has 0 aliphatic rings. The number of carboxylic acid groups (broad SMARTS) is 2. The minimum Gasteiger partial charge on any atom is -0.481 e. The van der Waals surface area contributed by atoms with Crippen molar-refractivity contribution in [2.24, 2.45) is 11.5 Å². The van der Waals surface area contributed by atoms with Crippen LogP contribution in [0.2, 0.25) is 0 Å². The van der Waals surface area contributed by atoms with Crippen LogP contribution in [-0.2, 0) is 35.2 Å². The summed E-state index contributed by atoms with van der Waals surface area (Å²) < 4.78 is 0. The molecule has 1 aromatic carbocycles. The molecule has 210 valence electrons. The number of nitrogens with one attached hydrogen (secondary N) is 3. The first-order valence-electron chi connectivity index (χ1n) is 11.9. The van der Waals surface area contributed by atoms with Crippen LogP contribution in [-0.4, -0.2) is 82.0 Å². The van der Waals surface area contributed by atoms with Crippen LogP contribution in [0.5, 0.6) is 0 Å². The first kappa shape index (κ1) is 32.4. The van der Waals surface area contributed by atoms with Gasteiger partial charge in [-0.3, -0.25) is 24.0 Å². The first-order chi connectivity index (χ1) is 17.9. The second-order valence-electron chi connectivity index (χ2n) is 8.54. The molecule has 4 unspecified atom stereocenters. The zero-order valence-corrected chi connectivity index (χ0v) is 21.9. The van der Waals surface area contributed by atoms with Crippen molar-refractivity contribution in [3.63, 3.8) is 0 Å². The number of aliphatic carboxylic acids is 2. The molecular weight excluding hydrogens is 518 g/mol. The topological polar surface area (TPSA) is 231 Å². The third-order valence-corrected chi connectivity index (χ3v) is 6.10. The molecule has 0 bridgehead atoms. The van der Waals surface area contributed by atoms with Crippen molar-refractivity contribution in [2.45, 2.75) is 62.7 Å². The molecule has 14 heteroatoms. The van der Waals surface area contributed by atoms with Crippen LogP contribution in [0.1, 0.15) is 37.7 Å². The average Bonchev–Trinajstić information content (AvgIpc) is 2.86. The van der Waals surface area contributed by atoms with E-state index in [0.29, 0.717) is 5.75 Å². The molecule has 1 rings (SSSR count). The third kappa shape index (κ3) is 12.5. The molecule has 0 spiro atoms. The normalized spacial score (nSPS) is 13.8. The first-order valence-corrected chi connectivity index (χ1v) is 13.3. The number of hydrogen-bond donors (Lipinski definition) is 7. The molecule has 0 radical (unpaired) electrons. The van der Waals surface area contributed by atoms with E-state index < -0.39 is 66.2 Å². The molecule has 4 amide bonds. The van der Waals surface area contributed by atoms with Gasteiger partial charge in [-0.25, -0.2) is 4.79 Å². The Morgan fingerprint density at radius 1 is 0.816 bits per heavy atom. The Kier molecular flexibility index (Phi) is 14.5. The predicted molar refractivity (Wildman–Crippen MR) is 140 cm³/mol. The van der Waals surface area contributed by atoms with E-state index >= 15 is 0 Å². The number of carbonyl (C=O) groups excluding carboxylic acids is 4. The van der Waals surface area contributed by atoms with Crippen LogP contribution < -0.4 is 27.4 Å².